The minimum Gasteiger partial charge on any atom is -0.493 e. The van der Waals surface area contributed by atoms with Crippen LogP contribution in [0.1, 0.15) is 55.4 Å². The van der Waals surface area contributed by atoms with Crippen molar-refractivity contribution in [2.45, 2.75) is 44.9 Å². The van der Waals surface area contributed by atoms with E-state index in [2.05, 4.69) is 5.32 Å². The largest absolute Gasteiger partial charge is 0.493 e. The Labute approximate surface area is 198 Å². The monoisotopic (exact) mass is 467 g/mol. The Morgan fingerprint density at radius 2 is 1.94 bits per heavy atom. The average Bonchev–Trinajstić information content (AvgIpc) is 3.35. The summed E-state index contributed by atoms with van der Waals surface area (Å²) >= 11 is 1.55. The van der Waals surface area contributed by atoms with E-state index in [1.54, 1.807) is 25.6 Å². The van der Waals surface area contributed by atoms with Crippen LogP contribution in [0.2, 0.25) is 0 Å². The number of carbonyl (C=O) groups is 2. The quantitative estimate of drug-likeness (QED) is 0.573. The smallest absolute Gasteiger partial charge is 0.336 e. The zero-order valence-corrected chi connectivity index (χ0v) is 20.2. The summed E-state index contributed by atoms with van der Waals surface area (Å²) in [7, 11) is 3.21. The maximum absolute atomic E-state index is 13.6. The van der Waals surface area contributed by atoms with Gasteiger partial charge in [0.05, 0.1) is 32.3 Å². The molecule has 0 bridgehead atoms. The lowest BCUT2D eigenvalue weighted by atomic mass is 9.73. The number of ketones is 1. The van der Waals surface area contributed by atoms with Crippen molar-refractivity contribution in [1.29, 1.82) is 0 Å². The molecular formula is C26H29NO5S. The highest BCUT2D eigenvalue weighted by atomic mass is 32.1. The number of allylic oxidation sites excluding steroid dienone is 3. The first-order valence-corrected chi connectivity index (χ1v) is 12.0. The van der Waals surface area contributed by atoms with E-state index < -0.39 is 5.92 Å². The van der Waals surface area contributed by atoms with Gasteiger partial charge in [-0.15, -0.1) is 11.3 Å². The molecule has 1 aromatic heterocycles. The van der Waals surface area contributed by atoms with Gasteiger partial charge in [0.1, 0.15) is 0 Å². The molecule has 2 aliphatic rings. The number of ether oxygens (including phenoxy) is 3. The summed E-state index contributed by atoms with van der Waals surface area (Å²) in [5, 5.41) is 5.36. The normalized spacial score (nSPS) is 20.3. The molecule has 2 atom stereocenters. The van der Waals surface area contributed by atoms with Gasteiger partial charge in [0.25, 0.3) is 0 Å². The van der Waals surface area contributed by atoms with E-state index in [0.717, 1.165) is 28.3 Å². The fraction of sp³-hybridized carbons (Fsp3) is 0.385. The maximum Gasteiger partial charge on any atom is 0.336 e. The Balaban J connectivity index is 1.72. The molecule has 0 fully saturated rings. The topological polar surface area (TPSA) is 73.9 Å². The van der Waals surface area contributed by atoms with Crippen LogP contribution in [-0.4, -0.2) is 32.6 Å². The zero-order valence-electron chi connectivity index (χ0n) is 19.4. The molecule has 33 heavy (non-hydrogen) atoms. The van der Waals surface area contributed by atoms with Gasteiger partial charge in [-0.2, -0.15) is 0 Å². The number of hydrogen-bond donors (Lipinski definition) is 1. The van der Waals surface area contributed by atoms with Crippen molar-refractivity contribution in [2.24, 2.45) is 0 Å². The molecule has 0 amide bonds. The van der Waals surface area contributed by atoms with Gasteiger partial charge in [-0.3, -0.25) is 4.79 Å². The van der Waals surface area contributed by atoms with Crippen molar-refractivity contribution >= 4 is 23.1 Å². The van der Waals surface area contributed by atoms with Gasteiger partial charge in [-0.05, 0) is 54.8 Å². The van der Waals surface area contributed by atoms with Crippen LogP contribution in [0.4, 0.5) is 0 Å². The number of thiophene rings is 1. The van der Waals surface area contributed by atoms with Gasteiger partial charge in [0, 0.05) is 28.3 Å². The van der Waals surface area contributed by atoms with Crippen molar-refractivity contribution in [2.75, 3.05) is 20.8 Å². The predicted molar refractivity (Wildman–Crippen MR) is 128 cm³/mol. The van der Waals surface area contributed by atoms with Crippen LogP contribution in [-0.2, 0) is 14.3 Å². The van der Waals surface area contributed by atoms with Crippen LogP contribution in [0.5, 0.6) is 11.5 Å². The lowest BCUT2D eigenvalue weighted by Gasteiger charge is -2.36. The van der Waals surface area contributed by atoms with E-state index in [0.29, 0.717) is 42.1 Å². The van der Waals surface area contributed by atoms with E-state index in [9.17, 15) is 9.59 Å². The highest BCUT2D eigenvalue weighted by molar-refractivity contribution is 7.10. The number of nitrogens with one attached hydrogen (secondary N) is 1. The Kier molecular flexibility index (Phi) is 6.88. The van der Waals surface area contributed by atoms with Crippen LogP contribution >= 0.6 is 11.3 Å². The molecule has 0 unspecified atom stereocenters. The van der Waals surface area contributed by atoms with Crippen LogP contribution in [0.15, 0.2) is 58.3 Å². The van der Waals surface area contributed by atoms with Crippen LogP contribution < -0.4 is 14.8 Å². The Hall–Kier alpha value is -3.06. The van der Waals surface area contributed by atoms with Crippen molar-refractivity contribution < 1.29 is 23.8 Å². The average molecular weight is 468 g/mol. The van der Waals surface area contributed by atoms with Crippen molar-refractivity contribution in [3.05, 3.63) is 68.7 Å². The van der Waals surface area contributed by atoms with E-state index in [-0.39, 0.29) is 17.7 Å². The van der Waals surface area contributed by atoms with Gasteiger partial charge in [0.2, 0.25) is 0 Å². The van der Waals surface area contributed by atoms with Gasteiger partial charge < -0.3 is 19.5 Å². The Morgan fingerprint density at radius 3 is 2.61 bits per heavy atom. The number of rotatable bonds is 7. The highest BCUT2D eigenvalue weighted by Gasteiger charge is 2.41. The second kappa shape index (κ2) is 9.83. The molecule has 0 radical (unpaired) electrons. The lowest BCUT2D eigenvalue weighted by Crippen LogP contribution is -2.36. The number of dihydropyridines is 1. The zero-order chi connectivity index (χ0) is 23.5. The number of methoxy groups -OCH3 is 2. The van der Waals surface area contributed by atoms with Crippen LogP contribution in [0, 0.1) is 0 Å². The van der Waals surface area contributed by atoms with Gasteiger partial charge in [-0.25, -0.2) is 4.79 Å². The highest BCUT2D eigenvalue weighted by Crippen LogP contribution is 2.47. The Morgan fingerprint density at radius 1 is 1.15 bits per heavy atom. The van der Waals surface area contributed by atoms with E-state index in [1.165, 1.54) is 0 Å². The third-order valence-electron chi connectivity index (χ3n) is 6.19. The molecule has 1 aliphatic carbocycles. The molecule has 7 heteroatoms. The summed E-state index contributed by atoms with van der Waals surface area (Å²) in [5.74, 6) is 0.605. The summed E-state index contributed by atoms with van der Waals surface area (Å²) in [5.41, 5.74) is 3.87. The van der Waals surface area contributed by atoms with Crippen LogP contribution in [0.3, 0.4) is 0 Å². The van der Waals surface area contributed by atoms with E-state index >= 15 is 0 Å². The molecule has 2 aromatic rings. The Bertz CT molecular complexity index is 1120. The fourth-order valence-corrected chi connectivity index (χ4v) is 5.51. The van der Waals surface area contributed by atoms with Crippen molar-refractivity contribution in [3.63, 3.8) is 0 Å². The minimum atomic E-state index is -0.399. The number of carbonyl (C=O) groups excluding carboxylic acids is 2. The molecule has 1 N–H and O–H groups in total. The third kappa shape index (κ3) is 4.42. The number of hydrogen-bond acceptors (Lipinski definition) is 7. The first kappa shape index (κ1) is 23.1. The summed E-state index contributed by atoms with van der Waals surface area (Å²) in [6.45, 7) is 4.20. The van der Waals surface area contributed by atoms with Gasteiger partial charge in [-0.1, -0.05) is 19.1 Å². The van der Waals surface area contributed by atoms with E-state index in [4.69, 9.17) is 14.2 Å². The molecule has 1 aliphatic heterocycles. The van der Waals surface area contributed by atoms with E-state index in [1.807, 2.05) is 49.6 Å². The van der Waals surface area contributed by atoms with Crippen LogP contribution in [0.25, 0.3) is 0 Å². The summed E-state index contributed by atoms with van der Waals surface area (Å²) in [4.78, 5) is 27.5. The summed E-state index contributed by atoms with van der Waals surface area (Å²) in [6, 6.07) is 9.74. The standard InChI is InChI=1S/C26H29NO5S/c1-5-10-32-26(29)23-15(2)27-18-12-17(16-8-9-20(30-3)21(14-16)31-4)13-19(28)24(18)25(23)22-7-6-11-33-22/h6-9,11,14,17,25,27H,5,10,12-13H2,1-4H3/t17-,25+/m1/s1. The van der Waals surface area contributed by atoms with Crippen molar-refractivity contribution in [1.82, 2.24) is 5.32 Å². The second-order valence-corrected chi connectivity index (χ2v) is 9.26. The van der Waals surface area contributed by atoms with Gasteiger partial charge in [0.15, 0.2) is 17.3 Å². The third-order valence-corrected chi connectivity index (χ3v) is 7.13. The first-order chi connectivity index (χ1) is 16.0. The molecule has 4 rings (SSSR count). The molecule has 2 heterocycles. The number of Topliss-reactive ketones (excluding diaryl/α,β-unsaturated/α-hetero) is 1. The predicted octanol–water partition coefficient (Wildman–Crippen LogP) is 5.08. The molecule has 1 aromatic carbocycles. The summed E-state index contributed by atoms with van der Waals surface area (Å²) in [6.07, 6.45) is 1.79. The van der Waals surface area contributed by atoms with Crippen molar-refractivity contribution in [3.8, 4) is 11.5 Å². The fourth-order valence-electron chi connectivity index (χ4n) is 4.66. The summed E-state index contributed by atoms with van der Waals surface area (Å²) < 4.78 is 16.3. The lowest BCUT2D eigenvalue weighted by molar-refractivity contribution is -0.139. The molecule has 0 spiro atoms. The second-order valence-electron chi connectivity index (χ2n) is 8.28. The maximum atomic E-state index is 13.6. The number of benzene rings is 1. The van der Waals surface area contributed by atoms with Gasteiger partial charge >= 0.3 is 5.97 Å². The molecule has 0 saturated carbocycles. The first-order valence-electron chi connectivity index (χ1n) is 11.1. The number of esters is 1. The molecule has 0 saturated heterocycles. The molecule has 6 nitrogen and oxygen atoms in total. The SMILES string of the molecule is CCCOC(=O)C1=C(C)NC2=C(C(=O)C[C@H](c3ccc(OC)c(OC)c3)C2)[C@H]1c1cccs1. The molecular weight excluding hydrogens is 438 g/mol. The molecule has 174 valence electrons. The minimum absolute atomic E-state index is 0.00827.